The van der Waals surface area contributed by atoms with Crippen LogP contribution in [-0.4, -0.2) is 15.0 Å². The number of benzene rings is 3. The summed E-state index contributed by atoms with van der Waals surface area (Å²) < 4.78 is 8.25. The molecule has 0 saturated heterocycles. The second-order valence-electron chi connectivity index (χ2n) is 7.58. The molecule has 0 amide bonds. The Labute approximate surface area is 170 Å². The molecule has 0 saturated carbocycles. The van der Waals surface area contributed by atoms with Gasteiger partial charge in [0.2, 0.25) is 0 Å². The van der Waals surface area contributed by atoms with Crippen LogP contribution in [0, 0.1) is 6.92 Å². The molecule has 0 spiro atoms. The van der Waals surface area contributed by atoms with Crippen LogP contribution in [0.4, 0.5) is 0 Å². The van der Waals surface area contributed by atoms with E-state index in [9.17, 15) is 0 Å². The van der Waals surface area contributed by atoms with E-state index < -0.39 is 0 Å². The van der Waals surface area contributed by atoms with Crippen molar-refractivity contribution in [3.05, 3.63) is 113 Å². The van der Waals surface area contributed by atoms with Gasteiger partial charge in [0, 0.05) is 0 Å². The summed E-state index contributed by atoms with van der Waals surface area (Å²) in [6.07, 6.45) is 3.93. The molecular weight excluding hydrogens is 358 g/mol. The fourth-order valence-corrected chi connectivity index (χ4v) is 4.01. The topological polar surface area (TPSA) is 39.9 Å². The normalized spacial score (nSPS) is 13.6. The maximum absolute atomic E-state index is 6.45. The van der Waals surface area contributed by atoms with Gasteiger partial charge in [-0.05, 0) is 54.2 Å². The standard InChI is InChI=1S/C25H23N3O/c1-18-10-14-22(15-11-18)28-16-21(26-27-28)17-29-25-23-8-4-2-6-19(23)12-13-20-7-3-5-9-24(20)25/h2-11,14-16,25H,12-13,17H2,1H3. The van der Waals surface area contributed by atoms with E-state index in [0.717, 1.165) is 24.2 Å². The van der Waals surface area contributed by atoms with Crippen molar-refractivity contribution in [2.45, 2.75) is 32.5 Å². The van der Waals surface area contributed by atoms with Gasteiger partial charge in [-0.15, -0.1) is 5.10 Å². The van der Waals surface area contributed by atoms with E-state index in [1.807, 2.05) is 18.3 Å². The van der Waals surface area contributed by atoms with Gasteiger partial charge >= 0.3 is 0 Å². The number of hydrogen-bond donors (Lipinski definition) is 0. The highest BCUT2D eigenvalue weighted by atomic mass is 16.5. The predicted molar refractivity (Wildman–Crippen MR) is 113 cm³/mol. The van der Waals surface area contributed by atoms with Crippen LogP contribution >= 0.6 is 0 Å². The lowest BCUT2D eigenvalue weighted by molar-refractivity contribution is 0.0641. The van der Waals surface area contributed by atoms with E-state index in [4.69, 9.17) is 4.74 Å². The molecule has 3 aromatic carbocycles. The summed E-state index contributed by atoms with van der Waals surface area (Å²) in [5, 5.41) is 8.60. The first-order chi connectivity index (χ1) is 14.3. The second kappa shape index (κ2) is 7.64. The van der Waals surface area contributed by atoms with Crippen LogP contribution < -0.4 is 0 Å². The molecule has 1 aromatic heterocycles. The zero-order valence-electron chi connectivity index (χ0n) is 16.5. The molecule has 5 rings (SSSR count). The van der Waals surface area contributed by atoms with Crippen molar-refractivity contribution in [1.82, 2.24) is 15.0 Å². The van der Waals surface area contributed by atoms with Crippen LogP contribution in [0.2, 0.25) is 0 Å². The average Bonchev–Trinajstić information content (AvgIpc) is 3.17. The molecule has 0 aliphatic heterocycles. The number of ether oxygens (including phenoxy) is 1. The minimum atomic E-state index is -0.0885. The van der Waals surface area contributed by atoms with E-state index in [1.54, 1.807) is 4.68 Å². The zero-order valence-corrected chi connectivity index (χ0v) is 16.5. The molecule has 0 unspecified atom stereocenters. The molecule has 4 nitrogen and oxygen atoms in total. The maximum atomic E-state index is 6.45. The first kappa shape index (κ1) is 17.8. The Balaban J connectivity index is 1.42. The lowest BCUT2D eigenvalue weighted by Crippen LogP contribution is -2.08. The van der Waals surface area contributed by atoms with Gasteiger partial charge in [-0.1, -0.05) is 71.4 Å². The Morgan fingerprint density at radius 3 is 2.14 bits per heavy atom. The highest BCUT2D eigenvalue weighted by Crippen LogP contribution is 2.35. The molecule has 144 valence electrons. The van der Waals surface area contributed by atoms with Crippen LogP contribution in [0.25, 0.3) is 5.69 Å². The quantitative estimate of drug-likeness (QED) is 0.500. The van der Waals surface area contributed by atoms with Crippen LogP contribution in [0.1, 0.15) is 39.6 Å². The molecule has 1 aliphatic rings. The molecule has 4 aromatic rings. The van der Waals surface area contributed by atoms with Crippen molar-refractivity contribution in [1.29, 1.82) is 0 Å². The second-order valence-corrected chi connectivity index (χ2v) is 7.58. The predicted octanol–water partition coefficient (Wildman–Crippen LogP) is 4.98. The lowest BCUT2D eigenvalue weighted by Gasteiger charge is -2.20. The largest absolute Gasteiger partial charge is 0.362 e. The summed E-state index contributed by atoms with van der Waals surface area (Å²) in [5.74, 6) is 0. The van der Waals surface area contributed by atoms with Gasteiger partial charge in [0.1, 0.15) is 11.8 Å². The first-order valence-corrected chi connectivity index (χ1v) is 10.0. The molecule has 0 N–H and O–H groups in total. The van der Waals surface area contributed by atoms with Gasteiger partial charge in [0.25, 0.3) is 0 Å². The van der Waals surface area contributed by atoms with Crippen molar-refractivity contribution in [3.63, 3.8) is 0 Å². The summed E-state index contributed by atoms with van der Waals surface area (Å²) in [6, 6.07) is 25.5. The Hall–Kier alpha value is -3.24. The van der Waals surface area contributed by atoms with Crippen LogP contribution in [-0.2, 0) is 24.2 Å². The third kappa shape index (κ3) is 3.59. The molecule has 4 heteroatoms. The van der Waals surface area contributed by atoms with Gasteiger partial charge in [0.15, 0.2) is 0 Å². The van der Waals surface area contributed by atoms with Gasteiger partial charge in [-0.2, -0.15) is 0 Å². The van der Waals surface area contributed by atoms with Gasteiger partial charge in [-0.3, -0.25) is 0 Å². The number of aromatic nitrogens is 3. The lowest BCUT2D eigenvalue weighted by atomic mass is 9.97. The van der Waals surface area contributed by atoms with E-state index in [0.29, 0.717) is 6.61 Å². The van der Waals surface area contributed by atoms with Crippen LogP contribution in [0.5, 0.6) is 0 Å². The van der Waals surface area contributed by atoms with Crippen molar-refractivity contribution in [3.8, 4) is 5.69 Å². The van der Waals surface area contributed by atoms with Crippen LogP contribution in [0.3, 0.4) is 0 Å². The molecule has 0 fully saturated rings. The van der Waals surface area contributed by atoms with Crippen molar-refractivity contribution < 1.29 is 4.74 Å². The third-order valence-electron chi connectivity index (χ3n) is 5.58. The van der Waals surface area contributed by atoms with Crippen molar-refractivity contribution >= 4 is 0 Å². The molecule has 0 radical (unpaired) electrons. The minimum Gasteiger partial charge on any atom is -0.362 e. The Kier molecular flexibility index (Phi) is 4.70. The molecule has 0 bridgehead atoms. The molecule has 29 heavy (non-hydrogen) atoms. The Morgan fingerprint density at radius 2 is 1.48 bits per heavy atom. The number of hydrogen-bond acceptors (Lipinski definition) is 3. The van der Waals surface area contributed by atoms with Gasteiger partial charge in [0.05, 0.1) is 18.5 Å². The average molecular weight is 381 g/mol. The summed E-state index contributed by atoms with van der Waals surface area (Å²) in [7, 11) is 0. The highest BCUT2D eigenvalue weighted by molar-refractivity contribution is 5.43. The fraction of sp³-hybridized carbons (Fsp3) is 0.200. The van der Waals surface area contributed by atoms with E-state index in [-0.39, 0.29) is 6.10 Å². The third-order valence-corrected chi connectivity index (χ3v) is 5.58. The summed E-state index contributed by atoms with van der Waals surface area (Å²) >= 11 is 0. The van der Waals surface area contributed by atoms with E-state index >= 15 is 0 Å². The molecule has 1 aliphatic carbocycles. The fourth-order valence-electron chi connectivity index (χ4n) is 4.01. The van der Waals surface area contributed by atoms with Gasteiger partial charge < -0.3 is 4.74 Å². The summed E-state index contributed by atoms with van der Waals surface area (Å²) in [6.45, 7) is 2.49. The zero-order chi connectivity index (χ0) is 19.6. The molecule has 1 heterocycles. The van der Waals surface area contributed by atoms with E-state index in [1.165, 1.54) is 27.8 Å². The Morgan fingerprint density at radius 1 is 0.862 bits per heavy atom. The van der Waals surface area contributed by atoms with Crippen molar-refractivity contribution in [2.24, 2.45) is 0 Å². The molecular formula is C25H23N3O. The summed E-state index contributed by atoms with van der Waals surface area (Å²) in [5.41, 5.74) is 8.27. The molecule has 0 atom stereocenters. The number of nitrogens with zero attached hydrogens (tertiary/aromatic N) is 3. The summed E-state index contributed by atoms with van der Waals surface area (Å²) in [4.78, 5) is 0. The first-order valence-electron chi connectivity index (χ1n) is 10.0. The number of aryl methyl sites for hydroxylation is 3. The maximum Gasteiger partial charge on any atom is 0.109 e. The van der Waals surface area contributed by atoms with Crippen LogP contribution in [0.15, 0.2) is 79.0 Å². The monoisotopic (exact) mass is 381 g/mol. The number of fused-ring (bicyclic) bond motifs is 2. The van der Waals surface area contributed by atoms with Crippen molar-refractivity contribution in [2.75, 3.05) is 0 Å². The van der Waals surface area contributed by atoms with E-state index in [2.05, 4.69) is 77.9 Å². The SMILES string of the molecule is Cc1ccc(-n2cc(COC3c4ccccc4CCc4ccccc43)nn2)cc1. The number of rotatable bonds is 4. The van der Waals surface area contributed by atoms with Gasteiger partial charge in [-0.25, -0.2) is 4.68 Å². The highest BCUT2D eigenvalue weighted by Gasteiger charge is 2.24. The minimum absolute atomic E-state index is 0.0885. The smallest absolute Gasteiger partial charge is 0.109 e. The Bertz CT molecular complexity index is 1080.